The van der Waals surface area contributed by atoms with E-state index >= 15 is 0 Å². The smallest absolute Gasteiger partial charge is 0.387 e. The molecule has 1 aromatic rings. The van der Waals surface area contributed by atoms with Crippen molar-refractivity contribution < 1.29 is 18.6 Å². The Balaban J connectivity index is 1.88. The van der Waals surface area contributed by atoms with Crippen molar-refractivity contribution in [2.24, 2.45) is 5.41 Å². The molecule has 0 amide bonds. The standard InChI is InChI=1S/C13H17F2NO2/c14-12(15)18-11-4-2-1-3-10(11)7-16-8-13(9-17)5-6-13/h1-4,12,16-17H,5-9H2. The third kappa shape index (κ3) is 3.40. The number of aliphatic hydroxyl groups excluding tert-OH is 1. The van der Waals surface area contributed by atoms with Gasteiger partial charge in [-0.1, -0.05) is 18.2 Å². The van der Waals surface area contributed by atoms with Crippen molar-refractivity contribution >= 4 is 0 Å². The number of ether oxygens (including phenoxy) is 1. The van der Waals surface area contributed by atoms with Crippen LogP contribution >= 0.6 is 0 Å². The van der Waals surface area contributed by atoms with Crippen LogP contribution in [0, 0.1) is 5.41 Å². The normalized spacial score (nSPS) is 16.9. The molecule has 1 aliphatic rings. The Labute approximate surface area is 105 Å². The van der Waals surface area contributed by atoms with Gasteiger partial charge in [-0.15, -0.1) is 0 Å². The second kappa shape index (κ2) is 5.63. The maximum atomic E-state index is 12.2. The first kappa shape index (κ1) is 13.2. The predicted molar refractivity (Wildman–Crippen MR) is 63.5 cm³/mol. The van der Waals surface area contributed by atoms with Gasteiger partial charge in [0.15, 0.2) is 0 Å². The second-order valence-corrected chi connectivity index (χ2v) is 4.75. The molecule has 100 valence electrons. The first-order valence-electron chi connectivity index (χ1n) is 5.99. The highest BCUT2D eigenvalue weighted by Crippen LogP contribution is 2.44. The Morgan fingerprint density at radius 2 is 2.06 bits per heavy atom. The molecule has 1 aliphatic carbocycles. The summed E-state index contributed by atoms with van der Waals surface area (Å²) in [5.41, 5.74) is 0.713. The zero-order valence-corrected chi connectivity index (χ0v) is 10.0. The van der Waals surface area contributed by atoms with Crippen molar-refractivity contribution in [1.82, 2.24) is 5.32 Å². The molecule has 18 heavy (non-hydrogen) atoms. The van der Waals surface area contributed by atoms with E-state index in [0.717, 1.165) is 12.8 Å². The van der Waals surface area contributed by atoms with E-state index in [1.807, 2.05) is 0 Å². The molecule has 0 heterocycles. The Kier molecular flexibility index (Phi) is 4.14. The molecule has 2 rings (SSSR count). The van der Waals surface area contributed by atoms with E-state index < -0.39 is 6.61 Å². The van der Waals surface area contributed by atoms with Crippen LogP contribution in [0.4, 0.5) is 8.78 Å². The Morgan fingerprint density at radius 3 is 2.67 bits per heavy atom. The van der Waals surface area contributed by atoms with Crippen LogP contribution in [-0.2, 0) is 6.54 Å². The number of benzene rings is 1. The number of rotatable bonds is 7. The van der Waals surface area contributed by atoms with E-state index in [-0.39, 0.29) is 17.8 Å². The Hall–Kier alpha value is -1.20. The summed E-state index contributed by atoms with van der Waals surface area (Å²) in [4.78, 5) is 0. The molecule has 0 unspecified atom stereocenters. The number of hydrogen-bond acceptors (Lipinski definition) is 3. The second-order valence-electron chi connectivity index (χ2n) is 4.75. The van der Waals surface area contributed by atoms with Gasteiger partial charge in [0.2, 0.25) is 0 Å². The largest absolute Gasteiger partial charge is 0.434 e. The highest BCUT2D eigenvalue weighted by Gasteiger charge is 2.41. The first-order chi connectivity index (χ1) is 8.65. The fraction of sp³-hybridized carbons (Fsp3) is 0.538. The average Bonchev–Trinajstić information content (AvgIpc) is 3.11. The number of halogens is 2. The maximum Gasteiger partial charge on any atom is 0.387 e. The summed E-state index contributed by atoms with van der Waals surface area (Å²) >= 11 is 0. The zero-order chi connectivity index (χ0) is 13.0. The van der Waals surface area contributed by atoms with E-state index in [1.54, 1.807) is 18.2 Å². The van der Waals surface area contributed by atoms with Crippen LogP contribution < -0.4 is 10.1 Å². The minimum Gasteiger partial charge on any atom is -0.434 e. The van der Waals surface area contributed by atoms with Gasteiger partial charge in [0.05, 0.1) is 0 Å². The SMILES string of the molecule is OCC1(CNCc2ccccc2OC(F)F)CC1. The summed E-state index contributed by atoms with van der Waals surface area (Å²) in [7, 11) is 0. The van der Waals surface area contributed by atoms with Gasteiger partial charge in [-0.25, -0.2) is 0 Å². The van der Waals surface area contributed by atoms with Gasteiger partial charge in [-0.3, -0.25) is 0 Å². The summed E-state index contributed by atoms with van der Waals surface area (Å²) in [5, 5.41) is 12.3. The molecule has 0 atom stereocenters. The highest BCUT2D eigenvalue weighted by atomic mass is 19.3. The van der Waals surface area contributed by atoms with Crippen molar-refractivity contribution in [1.29, 1.82) is 0 Å². The van der Waals surface area contributed by atoms with Crippen LogP contribution in [0.2, 0.25) is 0 Å². The molecule has 0 bridgehead atoms. The van der Waals surface area contributed by atoms with Crippen LogP contribution in [0.1, 0.15) is 18.4 Å². The van der Waals surface area contributed by atoms with Gasteiger partial charge in [0, 0.05) is 30.7 Å². The summed E-state index contributed by atoms with van der Waals surface area (Å²) in [6.07, 6.45) is 2.04. The molecule has 1 aromatic carbocycles. The molecule has 1 fully saturated rings. The van der Waals surface area contributed by atoms with Gasteiger partial charge in [-0.05, 0) is 18.9 Å². The monoisotopic (exact) mass is 257 g/mol. The van der Waals surface area contributed by atoms with E-state index in [9.17, 15) is 8.78 Å². The molecule has 3 nitrogen and oxygen atoms in total. The molecule has 1 saturated carbocycles. The van der Waals surface area contributed by atoms with E-state index in [0.29, 0.717) is 18.7 Å². The van der Waals surface area contributed by atoms with Crippen LogP contribution in [0.15, 0.2) is 24.3 Å². The number of nitrogens with one attached hydrogen (secondary N) is 1. The van der Waals surface area contributed by atoms with Crippen LogP contribution in [0.5, 0.6) is 5.75 Å². The van der Waals surface area contributed by atoms with Crippen molar-refractivity contribution in [3.05, 3.63) is 29.8 Å². The van der Waals surface area contributed by atoms with E-state index in [4.69, 9.17) is 5.11 Å². The summed E-state index contributed by atoms with van der Waals surface area (Å²) in [6.45, 7) is -1.47. The molecule has 5 heteroatoms. The topological polar surface area (TPSA) is 41.5 Å². The highest BCUT2D eigenvalue weighted by molar-refractivity contribution is 5.33. The lowest BCUT2D eigenvalue weighted by Gasteiger charge is -2.14. The fourth-order valence-corrected chi connectivity index (χ4v) is 1.89. The fourth-order valence-electron chi connectivity index (χ4n) is 1.89. The van der Waals surface area contributed by atoms with Crippen molar-refractivity contribution in [3.63, 3.8) is 0 Å². The molecule has 2 N–H and O–H groups in total. The third-order valence-electron chi connectivity index (χ3n) is 3.30. The van der Waals surface area contributed by atoms with Crippen molar-refractivity contribution in [2.45, 2.75) is 26.0 Å². The molecular weight excluding hydrogens is 240 g/mol. The first-order valence-corrected chi connectivity index (χ1v) is 5.99. The minimum absolute atomic E-state index is 0.0124. The lowest BCUT2D eigenvalue weighted by molar-refractivity contribution is -0.0505. The number of hydrogen-bond donors (Lipinski definition) is 2. The lowest BCUT2D eigenvalue weighted by Crippen LogP contribution is -2.26. The number of para-hydroxylation sites is 1. The molecular formula is C13H17F2NO2. The average molecular weight is 257 g/mol. The molecule has 0 saturated heterocycles. The van der Waals surface area contributed by atoms with E-state index in [1.165, 1.54) is 6.07 Å². The number of aliphatic hydroxyl groups is 1. The molecule has 0 aliphatic heterocycles. The van der Waals surface area contributed by atoms with Crippen molar-refractivity contribution in [3.8, 4) is 5.75 Å². The van der Waals surface area contributed by atoms with Gasteiger partial charge < -0.3 is 15.2 Å². The van der Waals surface area contributed by atoms with Crippen molar-refractivity contribution in [2.75, 3.05) is 13.2 Å². The molecule has 0 aromatic heterocycles. The summed E-state index contributed by atoms with van der Waals surface area (Å²) in [6, 6.07) is 6.73. The lowest BCUT2D eigenvalue weighted by atomic mass is 10.1. The quantitative estimate of drug-likeness (QED) is 0.786. The molecule has 0 spiro atoms. The van der Waals surface area contributed by atoms with Crippen LogP contribution in [-0.4, -0.2) is 24.9 Å². The summed E-state index contributed by atoms with van der Waals surface area (Å²) < 4.78 is 28.8. The van der Waals surface area contributed by atoms with Gasteiger partial charge >= 0.3 is 6.61 Å². The third-order valence-corrected chi connectivity index (χ3v) is 3.30. The predicted octanol–water partition coefficient (Wildman–Crippen LogP) is 2.15. The zero-order valence-electron chi connectivity index (χ0n) is 10.0. The Morgan fingerprint density at radius 1 is 1.33 bits per heavy atom. The number of alkyl halides is 2. The van der Waals surface area contributed by atoms with Crippen LogP contribution in [0.25, 0.3) is 0 Å². The van der Waals surface area contributed by atoms with Gasteiger partial charge in [-0.2, -0.15) is 8.78 Å². The van der Waals surface area contributed by atoms with Gasteiger partial charge in [0.25, 0.3) is 0 Å². The molecule has 0 radical (unpaired) electrons. The minimum atomic E-state index is -2.81. The van der Waals surface area contributed by atoms with Crippen LogP contribution in [0.3, 0.4) is 0 Å². The van der Waals surface area contributed by atoms with E-state index in [2.05, 4.69) is 10.1 Å². The maximum absolute atomic E-state index is 12.2. The summed E-state index contributed by atoms with van der Waals surface area (Å²) in [5.74, 6) is 0.203. The van der Waals surface area contributed by atoms with Gasteiger partial charge in [0.1, 0.15) is 5.75 Å². The Bertz CT molecular complexity index is 394.